The van der Waals surface area contributed by atoms with Crippen molar-refractivity contribution in [1.29, 1.82) is 0 Å². The molecule has 0 saturated carbocycles. The lowest BCUT2D eigenvalue weighted by Gasteiger charge is -2.41. The lowest BCUT2D eigenvalue weighted by Crippen LogP contribution is -2.52. The summed E-state index contributed by atoms with van der Waals surface area (Å²) < 4.78 is 6.29. The Kier molecular flexibility index (Phi) is 9.08. The number of rotatable bonds is 7. The number of ether oxygens (including phenoxy) is 1. The number of likely N-dealkylation sites (N-methyl/N-ethyl adjacent to an activating group) is 1. The second-order valence-corrected chi connectivity index (χ2v) is 16.9. The Morgan fingerprint density at radius 3 is 2.32 bits per heavy atom. The van der Waals surface area contributed by atoms with E-state index in [0.717, 1.165) is 92.8 Å². The molecular weight excluding hydrogens is 626 g/mol. The van der Waals surface area contributed by atoms with Crippen LogP contribution in [0.1, 0.15) is 94.5 Å². The molecule has 50 heavy (non-hydrogen) atoms. The number of piperazine rings is 1. The van der Waals surface area contributed by atoms with Gasteiger partial charge in [0.15, 0.2) is 6.10 Å². The fourth-order valence-corrected chi connectivity index (χ4v) is 8.76. The standard InChI is InChI=1S/C40H55N7O3/c1-25-33(35(45-19-15-40(6,7)16-20-45)34(26(2)42-25)36(37(48)49)50-39(3,4)5)28-9-10-29-22-46(18-14-27(29)21-28)38-41-17-13-32(43-38)47-30-11-12-31(47)24-44(8)23-30/h9-10,13,17,21,30-31,36H,11-12,14-16,18-20,22-24H2,1-8H3,(H,48,49)/t30?,31?,36-/m0/s1. The van der Waals surface area contributed by atoms with E-state index < -0.39 is 17.7 Å². The van der Waals surface area contributed by atoms with Gasteiger partial charge in [0.05, 0.1) is 11.3 Å². The van der Waals surface area contributed by atoms with Gasteiger partial charge < -0.3 is 29.4 Å². The fraction of sp³-hybridized carbons (Fsp3) is 0.600. The first-order valence-corrected chi connectivity index (χ1v) is 18.5. The molecule has 0 spiro atoms. The van der Waals surface area contributed by atoms with E-state index in [1.807, 2.05) is 33.9 Å². The molecule has 3 fully saturated rings. The number of hydrogen-bond acceptors (Lipinski definition) is 9. The minimum atomic E-state index is -1.13. The Morgan fingerprint density at radius 2 is 1.66 bits per heavy atom. The van der Waals surface area contributed by atoms with Gasteiger partial charge in [-0.25, -0.2) is 9.78 Å². The Morgan fingerprint density at radius 1 is 0.960 bits per heavy atom. The highest BCUT2D eigenvalue weighted by Crippen LogP contribution is 2.45. The maximum absolute atomic E-state index is 12.9. The highest BCUT2D eigenvalue weighted by molar-refractivity contribution is 5.88. The number of aromatic nitrogens is 3. The van der Waals surface area contributed by atoms with Gasteiger partial charge in [0.1, 0.15) is 5.82 Å². The molecule has 268 valence electrons. The van der Waals surface area contributed by atoms with Crippen LogP contribution in [0.4, 0.5) is 17.5 Å². The lowest BCUT2D eigenvalue weighted by molar-refractivity contribution is -0.160. The summed E-state index contributed by atoms with van der Waals surface area (Å²) in [6, 6.07) is 9.88. The molecule has 3 saturated heterocycles. The Labute approximate surface area is 297 Å². The number of pyridine rings is 1. The van der Waals surface area contributed by atoms with E-state index >= 15 is 0 Å². The Hall–Kier alpha value is -3.76. The van der Waals surface area contributed by atoms with Crippen molar-refractivity contribution in [3.63, 3.8) is 0 Å². The summed E-state index contributed by atoms with van der Waals surface area (Å²) in [5, 5.41) is 10.6. The van der Waals surface area contributed by atoms with Crippen molar-refractivity contribution in [2.24, 2.45) is 5.41 Å². The first kappa shape index (κ1) is 34.7. The molecule has 1 N–H and O–H groups in total. The molecule has 0 aliphatic carbocycles. The molecule has 10 heteroatoms. The largest absolute Gasteiger partial charge is 0.479 e. The monoisotopic (exact) mass is 681 g/mol. The van der Waals surface area contributed by atoms with Crippen LogP contribution in [0.2, 0.25) is 0 Å². The average Bonchev–Trinajstić information content (AvgIpc) is 3.33. The van der Waals surface area contributed by atoms with Crippen LogP contribution < -0.4 is 14.7 Å². The number of carboxylic acid groups (broad SMARTS) is 1. The van der Waals surface area contributed by atoms with Crippen molar-refractivity contribution in [3.05, 3.63) is 58.5 Å². The van der Waals surface area contributed by atoms with E-state index in [0.29, 0.717) is 23.3 Å². The summed E-state index contributed by atoms with van der Waals surface area (Å²) >= 11 is 0. The number of fused-ring (bicyclic) bond motifs is 3. The molecule has 0 radical (unpaired) electrons. The Bertz CT molecular complexity index is 1740. The zero-order chi connectivity index (χ0) is 35.5. The number of nitrogens with zero attached hydrogens (tertiary/aromatic N) is 7. The van der Waals surface area contributed by atoms with Crippen LogP contribution in [-0.4, -0.2) is 88.4 Å². The molecule has 2 bridgehead atoms. The number of aliphatic carboxylic acids is 1. The number of hydrogen-bond donors (Lipinski definition) is 1. The lowest BCUT2D eigenvalue weighted by atomic mass is 9.81. The van der Waals surface area contributed by atoms with Gasteiger partial charge in [-0.2, -0.15) is 4.98 Å². The van der Waals surface area contributed by atoms with Crippen LogP contribution in [0.3, 0.4) is 0 Å². The van der Waals surface area contributed by atoms with Gasteiger partial charge in [0.25, 0.3) is 0 Å². The van der Waals surface area contributed by atoms with Gasteiger partial charge in [0.2, 0.25) is 5.95 Å². The molecule has 2 aromatic heterocycles. The number of aryl methyl sites for hydroxylation is 2. The van der Waals surface area contributed by atoms with Gasteiger partial charge in [-0.1, -0.05) is 32.0 Å². The molecule has 3 aromatic rings. The van der Waals surface area contributed by atoms with Crippen LogP contribution in [0.15, 0.2) is 30.5 Å². The summed E-state index contributed by atoms with van der Waals surface area (Å²) in [6.45, 7) is 19.8. The molecule has 1 aromatic carbocycles. The van der Waals surface area contributed by atoms with Crippen molar-refractivity contribution in [1.82, 2.24) is 19.9 Å². The SMILES string of the molecule is Cc1nc(C)c([C@H](OC(C)(C)C)C(=O)O)c(N2CCC(C)(C)CC2)c1-c1ccc2c(c1)CCN(c1nccc(N3C4CCC3CN(C)C4)n1)C2. The van der Waals surface area contributed by atoms with Crippen LogP contribution in [0, 0.1) is 19.3 Å². The van der Waals surface area contributed by atoms with Crippen LogP contribution in [-0.2, 0) is 22.5 Å². The van der Waals surface area contributed by atoms with Crippen LogP contribution in [0.25, 0.3) is 11.1 Å². The summed E-state index contributed by atoms with van der Waals surface area (Å²) in [6.07, 6.45) is 6.18. The fourth-order valence-electron chi connectivity index (χ4n) is 8.76. The highest BCUT2D eigenvalue weighted by atomic mass is 16.5. The third kappa shape index (κ3) is 6.81. The van der Waals surface area contributed by atoms with Gasteiger partial charge in [-0.3, -0.25) is 4.98 Å². The van der Waals surface area contributed by atoms with Crippen molar-refractivity contribution in [2.45, 2.75) is 111 Å². The van der Waals surface area contributed by atoms with Gasteiger partial charge in [-0.05, 0) is 102 Å². The summed E-state index contributed by atoms with van der Waals surface area (Å²) in [5.74, 6) is 0.863. The number of piperidine rings is 1. The molecule has 6 heterocycles. The number of likely N-dealkylation sites (tertiary alicyclic amines) is 1. The normalized spacial score (nSPS) is 22.8. The first-order valence-electron chi connectivity index (χ1n) is 18.5. The minimum absolute atomic E-state index is 0.243. The van der Waals surface area contributed by atoms with E-state index in [4.69, 9.17) is 19.7 Å². The predicted octanol–water partition coefficient (Wildman–Crippen LogP) is 6.57. The second kappa shape index (κ2) is 13.1. The Balaban J connectivity index is 1.23. The van der Waals surface area contributed by atoms with E-state index in [1.165, 1.54) is 24.0 Å². The zero-order valence-electron chi connectivity index (χ0n) is 31.3. The predicted molar refractivity (Wildman–Crippen MR) is 199 cm³/mol. The summed E-state index contributed by atoms with van der Waals surface area (Å²) in [4.78, 5) is 37.5. The number of anilines is 3. The van der Waals surface area contributed by atoms with E-state index in [1.54, 1.807) is 0 Å². The average molecular weight is 682 g/mol. The molecule has 2 unspecified atom stereocenters. The van der Waals surface area contributed by atoms with Crippen LogP contribution >= 0.6 is 0 Å². The molecule has 10 nitrogen and oxygen atoms in total. The third-order valence-electron chi connectivity index (χ3n) is 11.3. The van der Waals surface area contributed by atoms with Crippen molar-refractivity contribution >= 4 is 23.4 Å². The molecule has 0 amide bonds. The molecule has 4 aliphatic rings. The van der Waals surface area contributed by atoms with E-state index in [9.17, 15) is 9.90 Å². The first-order chi connectivity index (χ1) is 23.7. The topological polar surface area (TPSA) is 98.2 Å². The number of carbonyl (C=O) groups is 1. The second-order valence-electron chi connectivity index (χ2n) is 16.9. The molecule has 7 rings (SSSR count). The van der Waals surface area contributed by atoms with Crippen molar-refractivity contribution in [3.8, 4) is 11.1 Å². The van der Waals surface area contributed by atoms with Crippen LogP contribution in [0.5, 0.6) is 0 Å². The maximum atomic E-state index is 12.9. The van der Waals surface area contributed by atoms with E-state index in [-0.39, 0.29) is 5.41 Å². The van der Waals surface area contributed by atoms with Crippen molar-refractivity contribution in [2.75, 3.05) is 54.5 Å². The summed E-state index contributed by atoms with van der Waals surface area (Å²) in [5.41, 5.74) is 7.51. The quantitative estimate of drug-likeness (QED) is 0.295. The smallest absolute Gasteiger partial charge is 0.337 e. The van der Waals surface area contributed by atoms with Gasteiger partial charge in [0, 0.05) is 80.1 Å². The number of benzene rings is 1. The molecule has 3 atom stereocenters. The maximum Gasteiger partial charge on any atom is 0.337 e. The van der Waals surface area contributed by atoms with E-state index in [2.05, 4.69) is 71.7 Å². The van der Waals surface area contributed by atoms with Crippen molar-refractivity contribution < 1.29 is 14.6 Å². The van der Waals surface area contributed by atoms with Gasteiger partial charge >= 0.3 is 5.97 Å². The highest BCUT2D eigenvalue weighted by Gasteiger charge is 2.40. The van der Waals surface area contributed by atoms with Gasteiger partial charge in [-0.15, -0.1) is 0 Å². The summed E-state index contributed by atoms with van der Waals surface area (Å²) in [7, 11) is 2.23. The molecular formula is C40H55N7O3. The minimum Gasteiger partial charge on any atom is -0.479 e. The number of carboxylic acids is 1. The third-order valence-corrected chi connectivity index (χ3v) is 11.3. The zero-order valence-corrected chi connectivity index (χ0v) is 31.3. The molecule has 4 aliphatic heterocycles.